The van der Waals surface area contributed by atoms with Gasteiger partial charge in [0.2, 0.25) is 11.6 Å². The molecule has 2 aromatic carbocycles. The number of hydrogen-bond acceptors (Lipinski definition) is 7. The van der Waals surface area contributed by atoms with Crippen LogP contribution in [0.1, 0.15) is 39.9 Å². The standard InChI is InChI=1S/C25H29B2FN4O5/c26-25(27)20-17(22(34)32(25)24(36)8-7-19(33)30-23(24)35)5-2-6-18(20)29-13-15-3-1-4-16(21(15)28)14-31-9-11-37-12-10-31/h1-6,29,36H,7-14,26-27H2,(H,30,33,35). The lowest BCUT2D eigenvalue weighted by Gasteiger charge is -2.45. The number of halogens is 1. The minimum Gasteiger partial charge on any atom is -0.381 e. The number of rotatable bonds is 6. The summed E-state index contributed by atoms with van der Waals surface area (Å²) in [5.74, 6) is -2.18. The average molecular weight is 506 g/mol. The van der Waals surface area contributed by atoms with Gasteiger partial charge in [-0.15, -0.1) is 0 Å². The predicted molar refractivity (Wildman–Crippen MR) is 139 cm³/mol. The molecule has 0 spiro atoms. The van der Waals surface area contributed by atoms with Gasteiger partial charge in [-0.1, -0.05) is 24.3 Å². The van der Waals surface area contributed by atoms with Crippen LogP contribution in [0.25, 0.3) is 0 Å². The summed E-state index contributed by atoms with van der Waals surface area (Å²) in [7, 11) is 3.49. The number of ether oxygens (including phenoxy) is 1. The molecule has 3 N–H and O–H groups in total. The van der Waals surface area contributed by atoms with Crippen LogP contribution in [-0.2, 0) is 32.8 Å². The highest BCUT2D eigenvalue weighted by atomic mass is 19.1. The lowest BCUT2D eigenvalue weighted by molar-refractivity contribution is -0.170. The zero-order chi connectivity index (χ0) is 26.4. The largest absolute Gasteiger partial charge is 0.381 e. The zero-order valence-electron chi connectivity index (χ0n) is 21.0. The highest BCUT2D eigenvalue weighted by Crippen LogP contribution is 2.44. The van der Waals surface area contributed by atoms with Crippen molar-refractivity contribution in [1.82, 2.24) is 15.1 Å². The van der Waals surface area contributed by atoms with E-state index >= 15 is 4.39 Å². The van der Waals surface area contributed by atoms with Gasteiger partial charge in [0, 0.05) is 66.7 Å². The van der Waals surface area contributed by atoms with Gasteiger partial charge in [-0.25, -0.2) is 4.39 Å². The maximum atomic E-state index is 15.4. The van der Waals surface area contributed by atoms with Crippen molar-refractivity contribution in [3.05, 3.63) is 64.5 Å². The molecule has 3 aliphatic rings. The summed E-state index contributed by atoms with van der Waals surface area (Å²) in [4.78, 5) is 41.1. The van der Waals surface area contributed by atoms with Crippen LogP contribution in [0.3, 0.4) is 0 Å². The van der Waals surface area contributed by atoms with E-state index in [0.29, 0.717) is 47.7 Å². The fraction of sp³-hybridized carbons (Fsp3) is 0.400. The van der Waals surface area contributed by atoms with Crippen molar-refractivity contribution in [2.75, 3.05) is 31.6 Å². The Morgan fingerprint density at radius 1 is 1.08 bits per heavy atom. The van der Waals surface area contributed by atoms with E-state index in [1.54, 1.807) is 46.0 Å². The van der Waals surface area contributed by atoms with Gasteiger partial charge in [-0.3, -0.25) is 24.6 Å². The molecule has 0 saturated carbocycles. The maximum Gasteiger partial charge on any atom is 0.279 e. The van der Waals surface area contributed by atoms with E-state index in [-0.39, 0.29) is 25.2 Å². The molecular formula is C25H29B2FN4O5. The number of amides is 3. The molecular weight excluding hydrogens is 477 g/mol. The number of hydrogen-bond donors (Lipinski definition) is 3. The number of piperidine rings is 1. The lowest BCUT2D eigenvalue weighted by atomic mass is 9.57. The molecule has 2 saturated heterocycles. The molecule has 5 rings (SSSR count). The molecule has 2 fully saturated rings. The molecule has 3 heterocycles. The van der Waals surface area contributed by atoms with Crippen molar-refractivity contribution < 1.29 is 28.6 Å². The molecule has 12 heteroatoms. The van der Waals surface area contributed by atoms with E-state index < -0.39 is 28.8 Å². The lowest BCUT2D eigenvalue weighted by Crippen LogP contribution is -2.68. The third kappa shape index (κ3) is 4.43. The van der Waals surface area contributed by atoms with E-state index in [1.165, 1.54) is 0 Å². The van der Waals surface area contributed by atoms with Gasteiger partial charge >= 0.3 is 0 Å². The SMILES string of the molecule is BC1(B)c2c(NCc3cccc(CN4CCOCC4)c3F)cccc2C(=O)N1C1(O)CCC(=O)NC1=O. The Bertz CT molecular complexity index is 1270. The Morgan fingerprint density at radius 2 is 1.78 bits per heavy atom. The van der Waals surface area contributed by atoms with Crippen molar-refractivity contribution in [2.24, 2.45) is 0 Å². The number of carbonyl (C=O) groups is 3. The van der Waals surface area contributed by atoms with E-state index in [0.717, 1.165) is 18.0 Å². The minimum atomic E-state index is -2.16. The monoisotopic (exact) mass is 506 g/mol. The van der Waals surface area contributed by atoms with Gasteiger partial charge in [0.25, 0.3) is 11.8 Å². The summed E-state index contributed by atoms with van der Waals surface area (Å²) in [6.45, 7) is 3.49. The number of morpholine rings is 1. The molecule has 1 unspecified atom stereocenters. The first kappa shape index (κ1) is 25.4. The minimum absolute atomic E-state index is 0.0797. The van der Waals surface area contributed by atoms with Crippen molar-refractivity contribution >= 4 is 39.1 Å². The highest BCUT2D eigenvalue weighted by Gasteiger charge is 2.57. The summed E-state index contributed by atoms with van der Waals surface area (Å²) in [5.41, 5.74) is 0.488. The van der Waals surface area contributed by atoms with E-state index in [9.17, 15) is 19.5 Å². The molecule has 0 aliphatic carbocycles. The molecule has 0 aromatic heterocycles. The number of anilines is 1. The first-order chi connectivity index (χ1) is 17.6. The Kier molecular flexibility index (Phi) is 6.59. The fourth-order valence-electron chi connectivity index (χ4n) is 5.64. The molecule has 3 amide bonds. The predicted octanol–water partition coefficient (Wildman–Crippen LogP) is -0.772. The van der Waals surface area contributed by atoms with Gasteiger partial charge in [0.1, 0.15) is 21.5 Å². The molecule has 1 atom stereocenters. The van der Waals surface area contributed by atoms with Gasteiger partial charge in [-0.2, -0.15) is 0 Å². The van der Waals surface area contributed by atoms with Crippen LogP contribution in [0.15, 0.2) is 36.4 Å². The quantitative estimate of drug-likeness (QED) is 0.349. The van der Waals surface area contributed by atoms with Crippen LogP contribution >= 0.6 is 0 Å². The Hall–Kier alpha value is -3.21. The van der Waals surface area contributed by atoms with Crippen LogP contribution in [0.5, 0.6) is 0 Å². The molecule has 0 radical (unpaired) electrons. The summed E-state index contributed by atoms with van der Waals surface area (Å²) in [6.07, 6.45) is -0.269. The van der Waals surface area contributed by atoms with Crippen LogP contribution in [0, 0.1) is 5.82 Å². The normalized spacial score (nSPS) is 23.6. The molecule has 37 heavy (non-hydrogen) atoms. The van der Waals surface area contributed by atoms with Gasteiger partial charge < -0.3 is 20.1 Å². The highest BCUT2D eigenvalue weighted by molar-refractivity contribution is 6.43. The molecule has 9 nitrogen and oxygen atoms in total. The number of imide groups is 1. The Morgan fingerprint density at radius 3 is 2.51 bits per heavy atom. The van der Waals surface area contributed by atoms with Gasteiger partial charge in [-0.05, 0) is 17.7 Å². The van der Waals surface area contributed by atoms with Crippen LogP contribution in [0.4, 0.5) is 10.1 Å². The fourth-order valence-corrected chi connectivity index (χ4v) is 5.64. The molecule has 0 bridgehead atoms. The summed E-state index contributed by atoms with van der Waals surface area (Å²) < 4.78 is 20.8. The van der Waals surface area contributed by atoms with Crippen molar-refractivity contribution in [2.45, 2.75) is 37.0 Å². The van der Waals surface area contributed by atoms with Crippen LogP contribution < -0.4 is 10.6 Å². The smallest absolute Gasteiger partial charge is 0.279 e. The maximum absolute atomic E-state index is 15.4. The molecule has 2 aromatic rings. The second-order valence-corrected chi connectivity index (χ2v) is 10.3. The van der Waals surface area contributed by atoms with Gasteiger partial charge in [0.15, 0.2) is 0 Å². The van der Waals surface area contributed by atoms with Crippen molar-refractivity contribution in [1.29, 1.82) is 0 Å². The van der Waals surface area contributed by atoms with E-state index in [1.807, 2.05) is 6.07 Å². The number of nitrogens with zero attached hydrogens (tertiary/aromatic N) is 2. The zero-order valence-corrected chi connectivity index (χ0v) is 21.0. The van der Waals surface area contributed by atoms with E-state index in [4.69, 9.17) is 4.74 Å². The van der Waals surface area contributed by atoms with Crippen LogP contribution in [0.2, 0.25) is 0 Å². The second kappa shape index (κ2) is 9.59. The third-order valence-corrected chi connectivity index (χ3v) is 7.48. The van der Waals surface area contributed by atoms with Crippen molar-refractivity contribution in [3.63, 3.8) is 0 Å². The Balaban J connectivity index is 1.40. The first-order valence-corrected chi connectivity index (χ1v) is 12.5. The number of benzene rings is 2. The topological polar surface area (TPSA) is 111 Å². The number of fused-ring (bicyclic) bond motifs is 1. The number of nitrogens with one attached hydrogen (secondary N) is 2. The number of carbonyl (C=O) groups excluding carboxylic acids is 3. The first-order valence-electron chi connectivity index (χ1n) is 12.5. The Labute approximate surface area is 216 Å². The number of aliphatic hydroxyl groups is 1. The summed E-state index contributed by atoms with van der Waals surface area (Å²) in [6, 6.07) is 10.5. The van der Waals surface area contributed by atoms with Gasteiger partial charge in [0.05, 0.1) is 13.2 Å². The molecule has 3 aliphatic heterocycles. The summed E-state index contributed by atoms with van der Waals surface area (Å²) >= 11 is 0. The molecule has 192 valence electrons. The summed E-state index contributed by atoms with van der Waals surface area (Å²) in [5, 5.41) is 15.6. The van der Waals surface area contributed by atoms with Crippen molar-refractivity contribution in [3.8, 4) is 0 Å². The second-order valence-electron chi connectivity index (χ2n) is 10.3. The van der Waals surface area contributed by atoms with E-state index in [2.05, 4.69) is 15.5 Å². The average Bonchev–Trinajstić information content (AvgIpc) is 3.09. The third-order valence-electron chi connectivity index (χ3n) is 7.48. The van der Waals surface area contributed by atoms with Crippen LogP contribution in [-0.4, -0.2) is 80.3 Å².